The molecule has 1 aromatic heterocycles. The van der Waals surface area contributed by atoms with Crippen LogP contribution in [0.25, 0.3) is 11.3 Å². The number of rotatable bonds is 6. The topological polar surface area (TPSA) is 51.2 Å². The lowest BCUT2D eigenvalue weighted by molar-refractivity contribution is 0.0952. The Hall–Kier alpha value is -2.93. The number of carbonyl (C=O) groups excluding carboxylic acids is 1. The molecule has 0 radical (unpaired) electrons. The lowest BCUT2D eigenvalue weighted by atomic mass is 10.1. The molecule has 3 aromatic carbocycles. The summed E-state index contributed by atoms with van der Waals surface area (Å²) in [7, 11) is 0. The van der Waals surface area contributed by atoms with Gasteiger partial charge in [0.1, 0.15) is 17.3 Å². The number of nitrogens with zero attached hydrogens (tertiary/aromatic N) is 1. The molecule has 0 fully saturated rings. The van der Waals surface area contributed by atoms with E-state index >= 15 is 0 Å². The maximum absolute atomic E-state index is 13.0. The van der Waals surface area contributed by atoms with Crippen molar-refractivity contribution in [2.45, 2.75) is 6.54 Å². The first-order valence-corrected chi connectivity index (χ1v) is 10.8. The van der Waals surface area contributed by atoms with Crippen LogP contribution >= 0.6 is 34.7 Å². The fourth-order valence-electron chi connectivity index (χ4n) is 2.87. The summed E-state index contributed by atoms with van der Waals surface area (Å²) in [6.45, 7) is 0.333. The molecule has 0 bridgehead atoms. The second-order valence-corrected chi connectivity index (χ2v) is 8.06. The van der Waals surface area contributed by atoms with Gasteiger partial charge >= 0.3 is 0 Å². The van der Waals surface area contributed by atoms with Crippen LogP contribution in [-0.2, 0) is 6.54 Å². The van der Waals surface area contributed by atoms with Crippen LogP contribution in [0.4, 0.5) is 4.39 Å². The molecule has 0 spiro atoms. The summed E-state index contributed by atoms with van der Waals surface area (Å²) in [6.07, 6.45) is 0. The SMILES string of the molecule is O=C(NCc1ccc(Oc2ccc(F)cc2)cc1)c1csnc1-c1ccc(Cl)cc1Cl. The minimum atomic E-state index is -0.319. The number of halogens is 3. The quantitative estimate of drug-likeness (QED) is 0.329. The molecule has 4 aromatic rings. The predicted octanol–water partition coefficient (Wildman–Crippen LogP) is 6.98. The van der Waals surface area contributed by atoms with E-state index in [-0.39, 0.29) is 11.7 Å². The van der Waals surface area contributed by atoms with Gasteiger partial charge in [-0.2, -0.15) is 4.37 Å². The van der Waals surface area contributed by atoms with Crippen molar-refractivity contribution in [1.82, 2.24) is 9.69 Å². The fraction of sp³-hybridized carbons (Fsp3) is 0.0435. The zero-order chi connectivity index (χ0) is 21.8. The van der Waals surface area contributed by atoms with Crippen LogP contribution in [0.5, 0.6) is 11.5 Å². The van der Waals surface area contributed by atoms with Gasteiger partial charge in [0.25, 0.3) is 5.91 Å². The van der Waals surface area contributed by atoms with Gasteiger partial charge in [0.15, 0.2) is 0 Å². The molecule has 1 amide bonds. The van der Waals surface area contributed by atoms with E-state index in [4.69, 9.17) is 27.9 Å². The number of hydrogen-bond donors (Lipinski definition) is 1. The van der Waals surface area contributed by atoms with Crippen LogP contribution in [0.2, 0.25) is 10.0 Å². The van der Waals surface area contributed by atoms with Gasteiger partial charge in [-0.25, -0.2) is 4.39 Å². The Morgan fingerprint density at radius 3 is 2.35 bits per heavy atom. The minimum Gasteiger partial charge on any atom is -0.457 e. The van der Waals surface area contributed by atoms with Gasteiger partial charge in [-0.3, -0.25) is 4.79 Å². The molecule has 4 rings (SSSR count). The zero-order valence-corrected chi connectivity index (χ0v) is 18.3. The molecule has 156 valence electrons. The third kappa shape index (κ3) is 5.22. The summed E-state index contributed by atoms with van der Waals surface area (Å²) in [5.74, 6) is 0.589. The number of carbonyl (C=O) groups is 1. The second-order valence-electron chi connectivity index (χ2n) is 6.58. The number of amides is 1. The predicted molar refractivity (Wildman–Crippen MR) is 122 cm³/mol. The third-order valence-corrected chi connectivity index (χ3v) is 5.60. The maximum Gasteiger partial charge on any atom is 0.254 e. The van der Waals surface area contributed by atoms with Gasteiger partial charge in [0.2, 0.25) is 0 Å². The van der Waals surface area contributed by atoms with Gasteiger partial charge in [0, 0.05) is 22.5 Å². The Bertz CT molecular complexity index is 1210. The zero-order valence-electron chi connectivity index (χ0n) is 15.9. The molecule has 0 aliphatic carbocycles. The van der Waals surface area contributed by atoms with E-state index in [2.05, 4.69) is 9.69 Å². The van der Waals surface area contributed by atoms with Crippen molar-refractivity contribution in [2.75, 3.05) is 0 Å². The summed E-state index contributed by atoms with van der Waals surface area (Å²) >= 11 is 13.4. The summed E-state index contributed by atoms with van der Waals surface area (Å²) in [6, 6.07) is 18.1. The smallest absolute Gasteiger partial charge is 0.254 e. The van der Waals surface area contributed by atoms with E-state index in [1.165, 1.54) is 23.7 Å². The highest BCUT2D eigenvalue weighted by Crippen LogP contribution is 2.32. The van der Waals surface area contributed by atoms with E-state index in [9.17, 15) is 9.18 Å². The third-order valence-electron chi connectivity index (χ3n) is 4.43. The van der Waals surface area contributed by atoms with Crippen molar-refractivity contribution >= 4 is 40.6 Å². The van der Waals surface area contributed by atoms with Crippen molar-refractivity contribution in [3.05, 3.63) is 99.1 Å². The molecule has 0 saturated carbocycles. The lowest BCUT2D eigenvalue weighted by Gasteiger charge is -2.09. The molecule has 0 saturated heterocycles. The van der Waals surface area contributed by atoms with Crippen molar-refractivity contribution in [3.63, 3.8) is 0 Å². The van der Waals surface area contributed by atoms with Crippen molar-refractivity contribution < 1.29 is 13.9 Å². The highest BCUT2D eigenvalue weighted by atomic mass is 35.5. The van der Waals surface area contributed by atoms with Crippen molar-refractivity contribution in [1.29, 1.82) is 0 Å². The Morgan fingerprint density at radius 2 is 1.68 bits per heavy atom. The number of hydrogen-bond acceptors (Lipinski definition) is 4. The maximum atomic E-state index is 13.0. The molecule has 1 heterocycles. The van der Waals surface area contributed by atoms with Crippen LogP contribution in [0.1, 0.15) is 15.9 Å². The molecule has 31 heavy (non-hydrogen) atoms. The van der Waals surface area contributed by atoms with E-state index in [0.717, 1.165) is 5.56 Å². The summed E-state index contributed by atoms with van der Waals surface area (Å²) in [4.78, 5) is 12.7. The highest BCUT2D eigenvalue weighted by molar-refractivity contribution is 7.04. The van der Waals surface area contributed by atoms with Gasteiger partial charge < -0.3 is 10.1 Å². The Balaban J connectivity index is 1.40. The standard InChI is InChI=1S/C23H15Cl2FN2O2S/c24-15-3-10-19(21(25)11-15)22-20(13-31-28-22)23(29)27-12-14-1-6-17(7-2-14)30-18-8-4-16(26)5-9-18/h1-11,13H,12H2,(H,27,29). The largest absolute Gasteiger partial charge is 0.457 e. The van der Waals surface area contributed by atoms with Gasteiger partial charge in [0.05, 0.1) is 16.3 Å². The number of ether oxygens (including phenoxy) is 1. The average Bonchev–Trinajstić information content (AvgIpc) is 3.24. The van der Waals surface area contributed by atoms with E-state index in [0.29, 0.717) is 44.9 Å². The summed E-state index contributed by atoms with van der Waals surface area (Å²) < 4.78 is 23.0. The first kappa shape index (κ1) is 21.3. The normalized spacial score (nSPS) is 10.7. The summed E-state index contributed by atoms with van der Waals surface area (Å²) in [5, 5.41) is 5.53. The van der Waals surface area contributed by atoms with Crippen LogP contribution in [0, 0.1) is 5.82 Å². The molecule has 1 N–H and O–H groups in total. The van der Waals surface area contributed by atoms with Crippen LogP contribution in [-0.4, -0.2) is 10.3 Å². The molecular weight excluding hydrogens is 458 g/mol. The first-order chi connectivity index (χ1) is 15.0. The van der Waals surface area contributed by atoms with Crippen molar-refractivity contribution in [3.8, 4) is 22.8 Å². The monoisotopic (exact) mass is 472 g/mol. The van der Waals surface area contributed by atoms with Crippen LogP contribution in [0.3, 0.4) is 0 Å². The van der Waals surface area contributed by atoms with Gasteiger partial charge in [-0.15, -0.1) is 0 Å². The van der Waals surface area contributed by atoms with Gasteiger partial charge in [-0.1, -0.05) is 35.3 Å². The van der Waals surface area contributed by atoms with E-state index in [1.807, 2.05) is 12.1 Å². The molecule has 0 aliphatic rings. The van der Waals surface area contributed by atoms with Crippen LogP contribution in [0.15, 0.2) is 72.1 Å². The summed E-state index contributed by atoms with van der Waals surface area (Å²) in [5.41, 5.74) is 2.52. The molecule has 0 aliphatic heterocycles. The minimum absolute atomic E-state index is 0.249. The van der Waals surface area contributed by atoms with Crippen LogP contribution < -0.4 is 10.1 Å². The highest BCUT2D eigenvalue weighted by Gasteiger charge is 2.18. The Kier molecular flexibility index (Phi) is 6.51. The second kappa shape index (κ2) is 9.47. The lowest BCUT2D eigenvalue weighted by Crippen LogP contribution is -2.22. The van der Waals surface area contributed by atoms with E-state index < -0.39 is 0 Å². The molecular formula is C23H15Cl2FN2O2S. The molecule has 0 unspecified atom stereocenters. The molecule has 0 atom stereocenters. The number of nitrogens with one attached hydrogen (secondary N) is 1. The molecule has 4 nitrogen and oxygen atoms in total. The van der Waals surface area contributed by atoms with E-state index in [1.54, 1.807) is 47.8 Å². The molecule has 8 heteroatoms. The average molecular weight is 473 g/mol. The number of benzene rings is 3. The Morgan fingerprint density at radius 1 is 1.00 bits per heavy atom. The first-order valence-electron chi connectivity index (χ1n) is 9.20. The number of aromatic nitrogens is 1. The van der Waals surface area contributed by atoms with Gasteiger partial charge in [-0.05, 0) is 71.7 Å². The fourth-order valence-corrected chi connectivity index (χ4v) is 4.04. The van der Waals surface area contributed by atoms with Crippen molar-refractivity contribution in [2.24, 2.45) is 0 Å². The Labute approximate surface area is 192 Å².